The number of nitrogens with zero attached hydrogens (tertiary/aromatic N) is 1. The van der Waals surface area contributed by atoms with Crippen LogP contribution >= 0.6 is 11.8 Å². The fraction of sp³-hybridized carbons (Fsp3) is 0.900. The average molecular weight is 217 g/mol. The minimum atomic E-state index is 0.179. The third-order valence-corrected chi connectivity index (χ3v) is 3.43. The van der Waals surface area contributed by atoms with Crippen LogP contribution in [0, 0.1) is 0 Å². The monoisotopic (exact) mass is 217 g/mol. The Hall–Kier alpha value is -0.0600. The molecule has 0 radical (unpaired) electrons. The molecule has 4 heteroatoms. The number of methoxy groups -OCH3 is 1. The van der Waals surface area contributed by atoms with E-state index in [1.165, 1.54) is 0 Å². The zero-order valence-electron chi connectivity index (χ0n) is 9.16. The van der Waals surface area contributed by atoms with Gasteiger partial charge in [-0.2, -0.15) is 11.8 Å². The number of ether oxygens (including phenoxy) is 1. The van der Waals surface area contributed by atoms with Crippen molar-refractivity contribution in [2.24, 2.45) is 0 Å². The molecule has 0 aliphatic carbocycles. The summed E-state index contributed by atoms with van der Waals surface area (Å²) in [7, 11) is 1.56. The second-order valence-electron chi connectivity index (χ2n) is 3.92. The van der Waals surface area contributed by atoms with Crippen LogP contribution in [-0.4, -0.2) is 54.5 Å². The van der Waals surface area contributed by atoms with Crippen LogP contribution in [0.2, 0.25) is 0 Å². The van der Waals surface area contributed by atoms with Gasteiger partial charge in [-0.3, -0.25) is 9.69 Å². The molecule has 3 nitrogen and oxygen atoms in total. The van der Waals surface area contributed by atoms with Crippen molar-refractivity contribution in [3.8, 4) is 0 Å². The predicted octanol–water partition coefficient (Wildman–Crippen LogP) is 1.03. The molecule has 1 aliphatic rings. The van der Waals surface area contributed by atoms with Crippen LogP contribution in [0.25, 0.3) is 0 Å². The molecule has 0 saturated carbocycles. The molecule has 1 aliphatic heterocycles. The first kappa shape index (κ1) is 12.0. The van der Waals surface area contributed by atoms with Gasteiger partial charge in [-0.15, -0.1) is 0 Å². The number of carbonyl (C=O) groups is 1. The molecule has 2 atom stereocenters. The summed E-state index contributed by atoms with van der Waals surface area (Å²) in [5.41, 5.74) is 0. The quantitative estimate of drug-likeness (QED) is 0.703. The molecule has 0 bridgehead atoms. The zero-order chi connectivity index (χ0) is 10.6. The fourth-order valence-corrected chi connectivity index (χ4v) is 3.26. The summed E-state index contributed by atoms with van der Waals surface area (Å²) < 4.78 is 4.82. The molecule has 1 heterocycles. The molecule has 82 valence electrons. The van der Waals surface area contributed by atoms with Crippen molar-refractivity contribution in [2.75, 3.05) is 33.4 Å². The van der Waals surface area contributed by atoms with E-state index in [9.17, 15) is 4.79 Å². The van der Waals surface area contributed by atoms with Gasteiger partial charge >= 0.3 is 0 Å². The van der Waals surface area contributed by atoms with Crippen molar-refractivity contribution < 1.29 is 9.53 Å². The molecule has 1 fully saturated rings. The number of rotatable bonds is 4. The maximum atomic E-state index is 11.4. The van der Waals surface area contributed by atoms with E-state index in [2.05, 4.69) is 18.7 Å². The topological polar surface area (TPSA) is 29.5 Å². The normalized spacial score (nSPS) is 29.1. The van der Waals surface area contributed by atoms with Gasteiger partial charge in [-0.05, 0) is 0 Å². The SMILES string of the molecule is COCC(=O)CN1CC(C)SC(C)C1. The van der Waals surface area contributed by atoms with Crippen molar-refractivity contribution >= 4 is 17.5 Å². The number of ketones is 1. The van der Waals surface area contributed by atoms with E-state index in [0.717, 1.165) is 13.1 Å². The Kier molecular flexibility index (Phi) is 4.92. The molecule has 1 saturated heterocycles. The number of carbonyl (C=O) groups excluding carboxylic acids is 1. The highest BCUT2D eigenvalue weighted by Gasteiger charge is 2.23. The lowest BCUT2D eigenvalue weighted by Gasteiger charge is -2.33. The predicted molar refractivity (Wildman–Crippen MR) is 59.8 cm³/mol. The summed E-state index contributed by atoms with van der Waals surface area (Å²) in [5, 5.41) is 1.27. The second-order valence-corrected chi connectivity index (χ2v) is 5.80. The average Bonchev–Trinajstić information content (AvgIpc) is 2.01. The maximum Gasteiger partial charge on any atom is 0.172 e. The Bertz CT molecular complexity index is 189. The molecule has 0 spiro atoms. The van der Waals surface area contributed by atoms with Crippen LogP contribution < -0.4 is 0 Å². The third kappa shape index (κ3) is 3.98. The molecule has 0 aromatic rings. The Morgan fingerprint density at radius 1 is 1.43 bits per heavy atom. The summed E-state index contributed by atoms with van der Waals surface area (Å²) >= 11 is 2.00. The van der Waals surface area contributed by atoms with Gasteiger partial charge in [0.1, 0.15) is 6.61 Å². The first-order valence-corrected chi connectivity index (χ1v) is 5.94. The standard InChI is InChI=1S/C10H19NO2S/c1-8-4-11(5-9(2)14-8)6-10(12)7-13-3/h8-9H,4-7H2,1-3H3. The van der Waals surface area contributed by atoms with Gasteiger partial charge in [0.25, 0.3) is 0 Å². The van der Waals surface area contributed by atoms with E-state index < -0.39 is 0 Å². The summed E-state index contributed by atoms with van der Waals surface area (Å²) in [5.74, 6) is 0.179. The minimum absolute atomic E-state index is 0.179. The van der Waals surface area contributed by atoms with Crippen molar-refractivity contribution in [1.82, 2.24) is 4.90 Å². The van der Waals surface area contributed by atoms with Crippen molar-refractivity contribution in [3.63, 3.8) is 0 Å². The van der Waals surface area contributed by atoms with Crippen molar-refractivity contribution in [2.45, 2.75) is 24.3 Å². The summed E-state index contributed by atoms with van der Waals surface area (Å²) in [6.07, 6.45) is 0. The van der Waals surface area contributed by atoms with Crippen LogP contribution in [0.5, 0.6) is 0 Å². The number of hydrogen-bond donors (Lipinski definition) is 0. The lowest BCUT2D eigenvalue weighted by Crippen LogP contribution is -2.43. The molecule has 14 heavy (non-hydrogen) atoms. The van der Waals surface area contributed by atoms with E-state index >= 15 is 0 Å². The fourth-order valence-electron chi connectivity index (χ4n) is 1.87. The molecule has 2 unspecified atom stereocenters. The lowest BCUT2D eigenvalue weighted by atomic mass is 10.3. The molecular weight excluding hydrogens is 198 g/mol. The Morgan fingerprint density at radius 3 is 2.50 bits per heavy atom. The third-order valence-electron chi connectivity index (χ3n) is 2.20. The van der Waals surface area contributed by atoms with Gasteiger partial charge in [-0.1, -0.05) is 13.8 Å². The van der Waals surface area contributed by atoms with Gasteiger partial charge in [0.15, 0.2) is 5.78 Å². The van der Waals surface area contributed by atoms with Crippen LogP contribution in [0.1, 0.15) is 13.8 Å². The van der Waals surface area contributed by atoms with E-state index in [4.69, 9.17) is 4.74 Å². The van der Waals surface area contributed by atoms with Gasteiger partial charge in [-0.25, -0.2) is 0 Å². The largest absolute Gasteiger partial charge is 0.377 e. The summed E-state index contributed by atoms with van der Waals surface area (Å²) in [6, 6.07) is 0. The Balaban J connectivity index is 2.33. The summed E-state index contributed by atoms with van der Waals surface area (Å²) in [6.45, 7) is 7.26. The number of hydrogen-bond acceptors (Lipinski definition) is 4. The van der Waals surface area contributed by atoms with E-state index in [1.807, 2.05) is 11.8 Å². The van der Waals surface area contributed by atoms with E-state index in [1.54, 1.807) is 7.11 Å². The van der Waals surface area contributed by atoms with Crippen molar-refractivity contribution in [1.29, 1.82) is 0 Å². The molecule has 0 amide bonds. The highest BCUT2D eigenvalue weighted by atomic mass is 32.2. The first-order valence-electron chi connectivity index (χ1n) is 5.00. The number of thioether (sulfide) groups is 1. The Labute approximate surface area is 90.2 Å². The maximum absolute atomic E-state index is 11.4. The van der Waals surface area contributed by atoms with E-state index in [-0.39, 0.29) is 12.4 Å². The second kappa shape index (κ2) is 5.73. The lowest BCUT2D eigenvalue weighted by molar-refractivity contribution is -0.123. The Morgan fingerprint density at radius 2 is 2.00 bits per heavy atom. The minimum Gasteiger partial charge on any atom is -0.377 e. The molecule has 1 rings (SSSR count). The molecule has 0 N–H and O–H groups in total. The van der Waals surface area contributed by atoms with Gasteiger partial charge in [0, 0.05) is 30.7 Å². The zero-order valence-corrected chi connectivity index (χ0v) is 9.97. The molecular formula is C10H19NO2S. The van der Waals surface area contributed by atoms with Gasteiger partial charge < -0.3 is 4.74 Å². The molecule has 0 aromatic carbocycles. The highest BCUT2D eigenvalue weighted by Crippen LogP contribution is 2.24. The number of Topliss-reactive ketones (excluding diaryl/α,β-unsaturated/α-hetero) is 1. The highest BCUT2D eigenvalue weighted by molar-refractivity contribution is 8.00. The molecule has 0 aromatic heterocycles. The smallest absolute Gasteiger partial charge is 0.172 e. The van der Waals surface area contributed by atoms with Crippen LogP contribution in [0.15, 0.2) is 0 Å². The van der Waals surface area contributed by atoms with Gasteiger partial charge in [0.05, 0.1) is 6.54 Å². The first-order chi connectivity index (χ1) is 6.61. The van der Waals surface area contributed by atoms with Crippen LogP contribution in [0.3, 0.4) is 0 Å². The van der Waals surface area contributed by atoms with Crippen molar-refractivity contribution in [3.05, 3.63) is 0 Å². The van der Waals surface area contributed by atoms with Gasteiger partial charge in [0.2, 0.25) is 0 Å². The summed E-state index contributed by atoms with van der Waals surface area (Å²) in [4.78, 5) is 13.6. The van der Waals surface area contributed by atoms with Crippen LogP contribution in [0.4, 0.5) is 0 Å². The van der Waals surface area contributed by atoms with Crippen LogP contribution in [-0.2, 0) is 9.53 Å². The van der Waals surface area contributed by atoms with E-state index in [0.29, 0.717) is 17.0 Å².